The Balaban J connectivity index is 1.92. The average Bonchev–Trinajstić information content (AvgIpc) is 2.80. The first-order chi connectivity index (χ1) is 14.8. The third-order valence-electron chi connectivity index (χ3n) is 5.21. The van der Waals surface area contributed by atoms with Crippen LogP contribution in [-0.2, 0) is 14.2 Å². The highest BCUT2D eigenvalue weighted by atomic mass is 32.2. The SMILES string of the molecule is CCOC(CC1(c2ccccc2)Sc2ccccc2N=C1c1ccccc1)OCC. The number of nitrogens with zero attached hydrogens (tertiary/aromatic N) is 1. The summed E-state index contributed by atoms with van der Waals surface area (Å²) in [5.74, 6) is 0. The van der Waals surface area contributed by atoms with Gasteiger partial charge < -0.3 is 9.47 Å². The highest BCUT2D eigenvalue weighted by Crippen LogP contribution is 2.53. The van der Waals surface area contributed by atoms with Crippen molar-refractivity contribution in [2.75, 3.05) is 13.2 Å². The Bertz CT molecular complexity index is 984. The van der Waals surface area contributed by atoms with Gasteiger partial charge in [-0.15, -0.1) is 11.8 Å². The second-order valence-corrected chi connectivity index (χ2v) is 8.47. The molecule has 1 aliphatic heterocycles. The van der Waals surface area contributed by atoms with Crippen LogP contribution in [0.1, 0.15) is 31.4 Å². The third kappa shape index (κ3) is 4.22. The largest absolute Gasteiger partial charge is 0.353 e. The Morgan fingerprint density at radius 2 is 1.40 bits per heavy atom. The van der Waals surface area contributed by atoms with Crippen molar-refractivity contribution in [3.8, 4) is 0 Å². The minimum absolute atomic E-state index is 0.313. The third-order valence-corrected chi connectivity index (χ3v) is 6.72. The van der Waals surface area contributed by atoms with Crippen molar-refractivity contribution in [1.82, 2.24) is 0 Å². The number of benzene rings is 3. The van der Waals surface area contributed by atoms with Crippen molar-refractivity contribution < 1.29 is 9.47 Å². The van der Waals surface area contributed by atoms with E-state index in [1.165, 1.54) is 10.5 Å². The van der Waals surface area contributed by atoms with E-state index in [2.05, 4.69) is 72.8 Å². The lowest BCUT2D eigenvalue weighted by molar-refractivity contribution is -0.141. The summed E-state index contributed by atoms with van der Waals surface area (Å²) in [5, 5.41) is 0. The number of hydrogen-bond acceptors (Lipinski definition) is 4. The van der Waals surface area contributed by atoms with Crippen LogP contribution < -0.4 is 0 Å². The molecule has 0 fully saturated rings. The number of ether oxygens (including phenoxy) is 2. The molecule has 3 aromatic carbocycles. The fraction of sp³-hybridized carbons (Fsp3) is 0.269. The zero-order valence-corrected chi connectivity index (χ0v) is 18.3. The van der Waals surface area contributed by atoms with Crippen LogP contribution in [0, 0.1) is 0 Å². The van der Waals surface area contributed by atoms with Crippen LogP contribution in [0.5, 0.6) is 0 Å². The molecule has 0 saturated carbocycles. The van der Waals surface area contributed by atoms with E-state index < -0.39 is 4.75 Å². The van der Waals surface area contributed by atoms with Crippen LogP contribution in [0.2, 0.25) is 0 Å². The maximum atomic E-state index is 6.01. The van der Waals surface area contributed by atoms with Crippen molar-refractivity contribution in [2.45, 2.75) is 36.2 Å². The van der Waals surface area contributed by atoms with Crippen molar-refractivity contribution in [3.05, 3.63) is 96.1 Å². The van der Waals surface area contributed by atoms with Crippen LogP contribution in [0.4, 0.5) is 5.69 Å². The van der Waals surface area contributed by atoms with Crippen molar-refractivity contribution >= 4 is 23.2 Å². The molecule has 1 atom stereocenters. The van der Waals surface area contributed by atoms with Gasteiger partial charge in [0, 0.05) is 24.5 Å². The summed E-state index contributed by atoms with van der Waals surface area (Å²) in [6, 6.07) is 29.4. The minimum atomic E-state index is -0.425. The fourth-order valence-corrected chi connectivity index (χ4v) is 5.38. The van der Waals surface area contributed by atoms with E-state index in [0.29, 0.717) is 19.6 Å². The van der Waals surface area contributed by atoms with Gasteiger partial charge in [0.1, 0.15) is 0 Å². The van der Waals surface area contributed by atoms with E-state index >= 15 is 0 Å². The smallest absolute Gasteiger partial charge is 0.159 e. The predicted molar refractivity (Wildman–Crippen MR) is 125 cm³/mol. The molecule has 0 aliphatic carbocycles. The minimum Gasteiger partial charge on any atom is -0.353 e. The molecule has 30 heavy (non-hydrogen) atoms. The van der Waals surface area contributed by atoms with Gasteiger partial charge in [-0.2, -0.15) is 0 Å². The molecular formula is C26H27NO2S. The number of thioether (sulfide) groups is 1. The van der Waals surface area contributed by atoms with Crippen LogP contribution in [0.15, 0.2) is 94.8 Å². The molecule has 0 saturated heterocycles. The van der Waals surface area contributed by atoms with Crippen LogP contribution in [0.25, 0.3) is 0 Å². The summed E-state index contributed by atoms with van der Waals surface area (Å²) >= 11 is 1.85. The van der Waals surface area contributed by atoms with Gasteiger partial charge in [0.25, 0.3) is 0 Å². The topological polar surface area (TPSA) is 30.8 Å². The number of rotatable bonds is 8. The molecule has 3 nitrogen and oxygen atoms in total. The first-order valence-corrected chi connectivity index (χ1v) is 11.3. The normalized spacial score (nSPS) is 18.2. The van der Waals surface area contributed by atoms with Gasteiger partial charge in [-0.25, -0.2) is 4.99 Å². The predicted octanol–water partition coefficient (Wildman–Crippen LogP) is 6.60. The van der Waals surface area contributed by atoms with Gasteiger partial charge in [-0.3, -0.25) is 0 Å². The van der Waals surface area contributed by atoms with E-state index in [1.54, 1.807) is 0 Å². The molecule has 0 spiro atoms. The monoisotopic (exact) mass is 417 g/mol. The van der Waals surface area contributed by atoms with Gasteiger partial charge in [0.05, 0.1) is 16.1 Å². The lowest BCUT2D eigenvalue weighted by atomic mass is 9.85. The van der Waals surface area contributed by atoms with Gasteiger partial charge in [-0.1, -0.05) is 72.8 Å². The van der Waals surface area contributed by atoms with Gasteiger partial charge in [0.15, 0.2) is 6.29 Å². The number of fused-ring (bicyclic) bond motifs is 1. The summed E-state index contributed by atoms with van der Waals surface area (Å²) < 4.78 is 11.6. The Kier molecular flexibility index (Phi) is 6.68. The lowest BCUT2D eigenvalue weighted by Gasteiger charge is -2.40. The first kappa shape index (κ1) is 20.9. The second kappa shape index (κ2) is 9.61. The fourth-order valence-electron chi connectivity index (χ4n) is 3.91. The van der Waals surface area contributed by atoms with Crippen molar-refractivity contribution in [1.29, 1.82) is 0 Å². The molecular weight excluding hydrogens is 390 g/mol. The van der Waals surface area contributed by atoms with Crippen molar-refractivity contribution in [2.24, 2.45) is 4.99 Å². The molecule has 1 aliphatic rings. The Labute approximate surface area is 183 Å². The molecule has 4 heteroatoms. The maximum absolute atomic E-state index is 6.01. The standard InChI is InChI=1S/C26H27NO2S/c1-3-28-24(29-4-2)19-26(21-15-9-6-10-16-21)25(20-13-7-5-8-14-20)27-22-17-11-12-18-23(22)30-26/h5-18,24H,3-4,19H2,1-2H3. The molecule has 3 aromatic rings. The zero-order valence-electron chi connectivity index (χ0n) is 17.5. The molecule has 4 rings (SSSR count). The highest BCUT2D eigenvalue weighted by molar-refractivity contribution is 8.01. The van der Waals surface area contributed by atoms with E-state index in [9.17, 15) is 0 Å². The molecule has 1 unspecified atom stereocenters. The van der Waals surface area contributed by atoms with E-state index in [4.69, 9.17) is 14.5 Å². The highest BCUT2D eigenvalue weighted by Gasteiger charge is 2.44. The lowest BCUT2D eigenvalue weighted by Crippen LogP contribution is -2.39. The quantitative estimate of drug-likeness (QED) is 0.387. The molecule has 1 heterocycles. The molecule has 0 N–H and O–H groups in total. The number of hydrogen-bond donors (Lipinski definition) is 0. The Morgan fingerprint density at radius 3 is 2.07 bits per heavy atom. The van der Waals surface area contributed by atoms with E-state index in [-0.39, 0.29) is 6.29 Å². The van der Waals surface area contributed by atoms with Crippen LogP contribution in [0.3, 0.4) is 0 Å². The first-order valence-electron chi connectivity index (χ1n) is 10.5. The zero-order chi connectivity index (χ0) is 20.8. The average molecular weight is 418 g/mol. The van der Waals surface area contributed by atoms with Gasteiger partial charge >= 0.3 is 0 Å². The molecule has 0 aromatic heterocycles. The second-order valence-electron chi connectivity index (χ2n) is 7.13. The number of aliphatic imine (C=N–C) groups is 1. The van der Waals surface area contributed by atoms with E-state index in [1.807, 2.05) is 37.7 Å². The summed E-state index contributed by atoms with van der Waals surface area (Å²) in [7, 11) is 0. The number of para-hydroxylation sites is 1. The van der Waals surface area contributed by atoms with Crippen molar-refractivity contribution in [3.63, 3.8) is 0 Å². The van der Waals surface area contributed by atoms with Crippen LogP contribution >= 0.6 is 11.8 Å². The van der Waals surface area contributed by atoms with Gasteiger partial charge in [0.2, 0.25) is 0 Å². The Hall–Kier alpha value is -2.40. The molecule has 0 bridgehead atoms. The summed E-state index contributed by atoms with van der Waals surface area (Å²) in [6.07, 6.45) is 0.359. The molecule has 0 radical (unpaired) electrons. The van der Waals surface area contributed by atoms with E-state index in [0.717, 1.165) is 17.0 Å². The summed E-state index contributed by atoms with van der Waals surface area (Å²) in [4.78, 5) is 6.38. The molecule has 154 valence electrons. The maximum Gasteiger partial charge on any atom is 0.159 e. The summed E-state index contributed by atoms with van der Waals surface area (Å²) in [5.41, 5.74) is 4.38. The molecule has 0 amide bonds. The summed E-state index contributed by atoms with van der Waals surface area (Å²) in [6.45, 7) is 5.23. The van der Waals surface area contributed by atoms with Crippen LogP contribution in [-0.4, -0.2) is 25.2 Å². The Morgan fingerprint density at radius 1 is 0.800 bits per heavy atom. The van der Waals surface area contributed by atoms with Gasteiger partial charge in [-0.05, 0) is 37.1 Å².